The molecule has 25 heavy (non-hydrogen) atoms. The first-order valence-corrected chi connectivity index (χ1v) is 8.89. The Hall–Kier alpha value is -1.89. The fourth-order valence-electron chi connectivity index (χ4n) is 2.53. The Bertz CT molecular complexity index is 1010. The molecule has 0 atom stereocenters. The largest absolute Gasteiger partial charge is 0.493 e. The Balaban J connectivity index is 2.05. The molecule has 5 nitrogen and oxygen atoms in total. The van der Waals surface area contributed by atoms with Crippen LogP contribution < -0.4 is 0 Å². The minimum atomic E-state index is -0.617. The van der Waals surface area contributed by atoms with Crippen molar-refractivity contribution in [2.75, 3.05) is 0 Å². The van der Waals surface area contributed by atoms with Gasteiger partial charge in [0.05, 0.1) is 16.1 Å². The minimum Gasteiger partial charge on any atom is -0.493 e. The molecule has 0 aliphatic heterocycles. The molecule has 1 aromatic heterocycles. The van der Waals surface area contributed by atoms with Crippen molar-refractivity contribution in [1.82, 2.24) is 4.57 Å². The lowest BCUT2D eigenvalue weighted by Crippen LogP contribution is -1.94. The highest BCUT2D eigenvalue weighted by Gasteiger charge is 2.17. The Morgan fingerprint density at radius 2 is 2.00 bits per heavy atom. The maximum absolute atomic E-state index is 12.3. The van der Waals surface area contributed by atoms with Crippen LogP contribution in [0.5, 0.6) is 5.88 Å². The molecule has 0 saturated carbocycles. The van der Waals surface area contributed by atoms with Crippen LogP contribution in [0.15, 0.2) is 51.1 Å². The summed E-state index contributed by atoms with van der Waals surface area (Å²) in [4.78, 5) is 12.3. The van der Waals surface area contributed by atoms with Crippen LogP contribution in [-0.2, 0) is 6.54 Å². The lowest BCUT2D eigenvalue weighted by Gasteiger charge is -2.01. The van der Waals surface area contributed by atoms with Gasteiger partial charge in [0.15, 0.2) is 5.69 Å². The molecule has 128 valence electrons. The first-order chi connectivity index (χ1) is 11.9. The van der Waals surface area contributed by atoms with Gasteiger partial charge in [-0.3, -0.25) is 4.79 Å². The second-order valence-corrected chi connectivity index (χ2v) is 6.97. The summed E-state index contributed by atoms with van der Waals surface area (Å²) in [6.07, 6.45) is 0. The van der Waals surface area contributed by atoms with Gasteiger partial charge in [-0.05, 0) is 43.3 Å². The number of benzene rings is 2. The molecule has 0 bridgehead atoms. The molecule has 0 aliphatic rings. The molecule has 0 spiro atoms. The highest BCUT2D eigenvalue weighted by atomic mass is 79.9. The second-order valence-electron chi connectivity index (χ2n) is 5.21. The van der Waals surface area contributed by atoms with Gasteiger partial charge in [-0.15, -0.1) is 10.2 Å². The Labute approximate surface area is 162 Å². The van der Waals surface area contributed by atoms with E-state index in [-0.39, 0.29) is 22.2 Å². The first kappa shape index (κ1) is 17.9. The minimum absolute atomic E-state index is 0.0469. The number of aryl methyl sites for hydroxylation is 1. The lowest BCUT2D eigenvalue weighted by molar-refractivity contribution is 0.0995. The summed E-state index contributed by atoms with van der Waals surface area (Å²) in [6.45, 7) is 2.46. The number of fused-ring (bicyclic) bond motifs is 1. The summed E-state index contributed by atoms with van der Waals surface area (Å²) in [5.74, 6) is -0.664. The Morgan fingerprint density at radius 1 is 1.24 bits per heavy atom. The van der Waals surface area contributed by atoms with Crippen LogP contribution in [-0.4, -0.2) is 15.6 Å². The van der Waals surface area contributed by atoms with Gasteiger partial charge in [-0.2, -0.15) is 0 Å². The van der Waals surface area contributed by atoms with Gasteiger partial charge < -0.3 is 9.67 Å². The van der Waals surface area contributed by atoms with Crippen molar-refractivity contribution in [3.05, 3.63) is 56.5 Å². The SMILES string of the molecule is CCn1c(O)c(N=NC(=O)c2ccc(Cl)cc2Cl)c2cc(Br)ccc21. The monoisotopic (exact) mass is 439 g/mol. The summed E-state index contributed by atoms with van der Waals surface area (Å²) >= 11 is 15.2. The highest BCUT2D eigenvalue weighted by Crippen LogP contribution is 2.40. The van der Waals surface area contributed by atoms with E-state index in [0.29, 0.717) is 17.0 Å². The van der Waals surface area contributed by atoms with Crippen molar-refractivity contribution in [1.29, 1.82) is 0 Å². The molecule has 2 aromatic carbocycles. The molecule has 1 heterocycles. The number of halogens is 3. The number of rotatable bonds is 3. The average Bonchev–Trinajstić information content (AvgIpc) is 2.83. The molecule has 1 N–H and O–H groups in total. The Kier molecular flexibility index (Phi) is 5.13. The zero-order valence-corrected chi connectivity index (χ0v) is 16.1. The number of hydrogen-bond donors (Lipinski definition) is 1. The van der Waals surface area contributed by atoms with Crippen molar-refractivity contribution in [2.24, 2.45) is 10.2 Å². The molecule has 3 rings (SSSR count). The summed E-state index contributed by atoms with van der Waals surface area (Å²) in [5.41, 5.74) is 1.22. The summed E-state index contributed by atoms with van der Waals surface area (Å²) in [6, 6.07) is 10.0. The zero-order chi connectivity index (χ0) is 18.1. The molecule has 0 saturated heterocycles. The maximum Gasteiger partial charge on any atom is 0.296 e. The molecule has 0 fully saturated rings. The topological polar surface area (TPSA) is 66.9 Å². The standard InChI is InChI=1S/C17H12BrCl2N3O2/c1-2-23-14-6-3-9(18)7-12(14)15(17(23)25)21-22-16(24)11-5-4-10(19)8-13(11)20/h3-8,25H,2H2,1H3. The van der Waals surface area contributed by atoms with Crippen molar-refractivity contribution in [3.8, 4) is 5.88 Å². The van der Waals surface area contributed by atoms with E-state index in [1.807, 2.05) is 25.1 Å². The molecule has 3 aromatic rings. The van der Waals surface area contributed by atoms with Gasteiger partial charge in [0.2, 0.25) is 5.88 Å². The average molecular weight is 441 g/mol. The van der Waals surface area contributed by atoms with E-state index in [2.05, 4.69) is 26.2 Å². The van der Waals surface area contributed by atoms with E-state index in [0.717, 1.165) is 9.99 Å². The molecule has 0 radical (unpaired) electrons. The molecule has 8 heteroatoms. The molecule has 1 amide bonds. The van der Waals surface area contributed by atoms with Gasteiger partial charge in [0, 0.05) is 21.4 Å². The van der Waals surface area contributed by atoms with Gasteiger partial charge in [-0.1, -0.05) is 39.1 Å². The summed E-state index contributed by atoms with van der Waals surface area (Å²) in [7, 11) is 0. The van der Waals surface area contributed by atoms with Crippen molar-refractivity contribution in [3.63, 3.8) is 0 Å². The number of carbonyl (C=O) groups is 1. The normalized spacial score (nSPS) is 11.5. The van der Waals surface area contributed by atoms with Crippen molar-refractivity contribution >= 4 is 61.6 Å². The molecule has 0 aliphatic carbocycles. The fourth-order valence-corrected chi connectivity index (χ4v) is 3.38. The van der Waals surface area contributed by atoms with Crippen molar-refractivity contribution < 1.29 is 9.90 Å². The number of amides is 1. The number of aromatic nitrogens is 1. The van der Waals surface area contributed by atoms with Crippen molar-refractivity contribution in [2.45, 2.75) is 13.5 Å². The third-order valence-electron chi connectivity index (χ3n) is 3.69. The molecular formula is C17H12BrCl2N3O2. The fraction of sp³-hybridized carbons (Fsp3) is 0.118. The second kappa shape index (κ2) is 7.15. The quantitative estimate of drug-likeness (QED) is 0.481. The van der Waals surface area contributed by atoms with Crippen LogP contribution in [0.3, 0.4) is 0 Å². The molecule has 0 unspecified atom stereocenters. The van der Waals surface area contributed by atoms with Crippen LogP contribution in [0, 0.1) is 0 Å². The van der Waals surface area contributed by atoms with Gasteiger partial charge in [0.1, 0.15) is 0 Å². The number of azo groups is 1. The third kappa shape index (κ3) is 3.42. The van der Waals surface area contributed by atoms with Crippen LogP contribution in [0.25, 0.3) is 10.9 Å². The van der Waals surface area contributed by atoms with Gasteiger partial charge in [-0.25, -0.2) is 0 Å². The van der Waals surface area contributed by atoms with Crippen LogP contribution in [0.1, 0.15) is 17.3 Å². The van der Waals surface area contributed by atoms with Gasteiger partial charge >= 0.3 is 0 Å². The summed E-state index contributed by atoms with van der Waals surface area (Å²) in [5, 5.41) is 19.4. The predicted octanol–water partition coefficient (Wildman–Crippen LogP) is 6.36. The van der Waals surface area contributed by atoms with E-state index in [1.165, 1.54) is 12.1 Å². The third-order valence-corrected chi connectivity index (χ3v) is 4.73. The van der Waals surface area contributed by atoms with E-state index >= 15 is 0 Å². The first-order valence-electron chi connectivity index (χ1n) is 7.34. The maximum atomic E-state index is 12.3. The highest BCUT2D eigenvalue weighted by molar-refractivity contribution is 9.10. The Morgan fingerprint density at radius 3 is 2.68 bits per heavy atom. The number of hydrogen-bond acceptors (Lipinski definition) is 3. The van der Waals surface area contributed by atoms with E-state index in [9.17, 15) is 9.90 Å². The van der Waals surface area contributed by atoms with Crippen LogP contribution in [0.4, 0.5) is 5.69 Å². The lowest BCUT2D eigenvalue weighted by atomic mass is 10.2. The smallest absolute Gasteiger partial charge is 0.296 e. The zero-order valence-electron chi connectivity index (χ0n) is 13.0. The van der Waals surface area contributed by atoms with Crippen LogP contribution >= 0.6 is 39.1 Å². The molecular weight excluding hydrogens is 429 g/mol. The number of aromatic hydroxyl groups is 1. The van der Waals surface area contributed by atoms with E-state index < -0.39 is 5.91 Å². The predicted molar refractivity (Wildman–Crippen MR) is 102 cm³/mol. The van der Waals surface area contributed by atoms with Gasteiger partial charge in [0.25, 0.3) is 5.91 Å². The number of nitrogens with zero attached hydrogens (tertiary/aromatic N) is 3. The number of carbonyl (C=O) groups excluding carboxylic acids is 1. The summed E-state index contributed by atoms with van der Waals surface area (Å²) < 4.78 is 2.52. The van der Waals surface area contributed by atoms with E-state index in [1.54, 1.807) is 10.6 Å². The van der Waals surface area contributed by atoms with Crippen LogP contribution in [0.2, 0.25) is 10.0 Å². The van der Waals surface area contributed by atoms with E-state index in [4.69, 9.17) is 23.2 Å².